The second kappa shape index (κ2) is 8.19. The Hall–Kier alpha value is -3.39. The fourth-order valence-electron chi connectivity index (χ4n) is 4.48. The van der Waals surface area contributed by atoms with Crippen molar-refractivity contribution in [2.45, 2.75) is 32.5 Å². The summed E-state index contributed by atoms with van der Waals surface area (Å²) in [5.41, 5.74) is 4.05. The quantitative estimate of drug-likeness (QED) is 0.401. The smallest absolute Gasteiger partial charge is 0.377 e. The van der Waals surface area contributed by atoms with E-state index in [9.17, 15) is 13.2 Å². The number of hydrogen-bond acceptors (Lipinski definition) is 4. The molecule has 0 radical (unpaired) electrons. The molecule has 1 atom stereocenters. The summed E-state index contributed by atoms with van der Waals surface area (Å²) in [5, 5.41) is 4.25. The normalized spacial score (nSPS) is 15.6. The van der Waals surface area contributed by atoms with Gasteiger partial charge in [-0.25, -0.2) is 9.97 Å². The summed E-state index contributed by atoms with van der Waals surface area (Å²) in [6, 6.07) is 10.1. The molecule has 0 bridgehead atoms. The molecule has 2 aromatic carbocycles. The lowest BCUT2D eigenvalue weighted by Crippen LogP contribution is -2.14. The monoisotopic (exact) mass is 452 g/mol. The van der Waals surface area contributed by atoms with E-state index in [0.717, 1.165) is 29.0 Å². The predicted molar refractivity (Wildman–Crippen MR) is 122 cm³/mol. The highest BCUT2D eigenvalue weighted by Crippen LogP contribution is 2.36. The zero-order valence-corrected chi connectivity index (χ0v) is 18.3. The Morgan fingerprint density at radius 3 is 2.79 bits per heavy atom. The first kappa shape index (κ1) is 21.5. The van der Waals surface area contributed by atoms with Gasteiger partial charge in [0.15, 0.2) is 5.65 Å². The molecule has 0 fully saturated rings. The molecule has 0 saturated heterocycles. The summed E-state index contributed by atoms with van der Waals surface area (Å²) in [6.07, 6.45) is 1.89. The van der Waals surface area contributed by atoms with E-state index in [2.05, 4.69) is 28.5 Å². The van der Waals surface area contributed by atoms with Crippen molar-refractivity contribution in [1.82, 2.24) is 14.4 Å². The van der Waals surface area contributed by atoms with Gasteiger partial charge >= 0.3 is 6.18 Å². The lowest BCUT2D eigenvalue weighted by Gasteiger charge is -2.21. The van der Waals surface area contributed by atoms with Crippen molar-refractivity contribution in [3.8, 4) is 0 Å². The second-order valence-electron chi connectivity index (χ2n) is 8.25. The second-order valence-corrected chi connectivity index (χ2v) is 8.25. The van der Waals surface area contributed by atoms with Gasteiger partial charge in [0, 0.05) is 5.39 Å². The van der Waals surface area contributed by atoms with Crippen LogP contribution in [0.1, 0.15) is 41.6 Å². The first-order valence-electron chi connectivity index (χ1n) is 10.8. The van der Waals surface area contributed by atoms with Crippen LogP contribution in [-0.2, 0) is 10.9 Å². The third-order valence-corrected chi connectivity index (χ3v) is 6.19. The molecule has 5 nitrogen and oxygen atoms in total. The van der Waals surface area contributed by atoms with Crippen molar-refractivity contribution in [1.29, 1.82) is 0 Å². The van der Waals surface area contributed by atoms with Crippen molar-refractivity contribution in [2.75, 3.05) is 18.5 Å². The van der Waals surface area contributed by atoms with Gasteiger partial charge in [0.2, 0.25) is 0 Å². The van der Waals surface area contributed by atoms with Crippen LogP contribution < -0.4 is 5.32 Å². The van der Waals surface area contributed by atoms with Gasteiger partial charge < -0.3 is 10.1 Å². The van der Waals surface area contributed by atoms with Gasteiger partial charge in [-0.2, -0.15) is 13.2 Å². The molecule has 170 valence electrons. The number of imidazole rings is 1. The summed E-state index contributed by atoms with van der Waals surface area (Å²) in [7, 11) is 0. The first-order valence-corrected chi connectivity index (χ1v) is 10.8. The Labute approximate surface area is 188 Å². The molecule has 1 N–H and O–H groups in total. The summed E-state index contributed by atoms with van der Waals surface area (Å²) in [5.74, 6) is 0.608. The van der Waals surface area contributed by atoms with E-state index < -0.39 is 11.7 Å². The number of rotatable bonds is 4. The molecule has 5 rings (SSSR count). The number of anilines is 1. The van der Waals surface area contributed by atoms with Crippen LogP contribution in [-0.4, -0.2) is 27.6 Å². The first-order chi connectivity index (χ1) is 15.8. The van der Waals surface area contributed by atoms with Gasteiger partial charge in [0.25, 0.3) is 0 Å². The van der Waals surface area contributed by atoms with Gasteiger partial charge in [-0.1, -0.05) is 24.3 Å². The largest absolute Gasteiger partial charge is 0.416 e. The van der Waals surface area contributed by atoms with E-state index in [1.807, 2.05) is 17.4 Å². The molecule has 0 spiro atoms. The zero-order valence-electron chi connectivity index (χ0n) is 18.3. The molecule has 1 aliphatic heterocycles. The van der Waals surface area contributed by atoms with Crippen LogP contribution in [0.15, 0.2) is 55.0 Å². The molecule has 0 saturated carbocycles. The molecule has 8 heteroatoms. The summed E-state index contributed by atoms with van der Waals surface area (Å²) >= 11 is 0. The van der Waals surface area contributed by atoms with E-state index in [-0.39, 0.29) is 11.6 Å². The van der Waals surface area contributed by atoms with Crippen molar-refractivity contribution < 1.29 is 17.9 Å². The predicted octanol–water partition coefficient (Wildman–Crippen LogP) is 6.19. The summed E-state index contributed by atoms with van der Waals surface area (Å²) in [4.78, 5) is 8.95. The van der Waals surface area contributed by atoms with Crippen molar-refractivity contribution >= 4 is 27.9 Å². The van der Waals surface area contributed by atoms with Gasteiger partial charge in [0.1, 0.15) is 12.1 Å². The summed E-state index contributed by atoms with van der Waals surface area (Å²) < 4.78 is 47.6. The Morgan fingerprint density at radius 2 is 2.03 bits per heavy atom. The number of hydrogen-bond donors (Lipinski definition) is 1. The number of alkyl halides is 3. The van der Waals surface area contributed by atoms with E-state index in [4.69, 9.17) is 9.72 Å². The lowest BCUT2D eigenvalue weighted by molar-refractivity contribution is -0.138. The van der Waals surface area contributed by atoms with Crippen LogP contribution in [0.2, 0.25) is 0 Å². The van der Waals surface area contributed by atoms with E-state index >= 15 is 0 Å². The van der Waals surface area contributed by atoms with Gasteiger partial charge in [-0.3, -0.25) is 4.40 Å². The van der Waals surface area contributed by atoms with Gasteiger partial charge in [-0.05, 0) is 60.7 Å². The van der Waals surface area contributed by atoms with Crippen molar-refractivity contribution in [3.63, 3.8) is 0 Å². The van der Waals surface area contributed by atoms with E-state index in [0.29, 0.717) is 30.2 Å². The highest BCUT2D eigenvalue weighted by molar-refractivity contribution is 5.94. The Kier molecular flexibility index (Phi) is 5.32. The maximum Gasteiger partial charge on any atom is 0.416 e. The maximum absolute atomic E-state index is 13.4. The Morgan fingerprint density at radius 1 is 1.18 bits per heavy atom. The number of aromatic nitrogens is 3. The molecule has 0 aliphatic carbocycles. The standard InChI is InChI=1S/C25H23F3N4O/c1-15-19(4-3-5-21(15)25(26,27)28)16(2)30-24-20-12-18(17-8-10-33-11-9-17)6-7-22(20)32-14-29-13-23(32)31-24/h3-8,12-14,16H,9-11H2,1-2H3,(H,30,31). The number of ether oxygens (including phenoxy) is 1. The van der Waals surface area contributed by atoms with Crippen LogP contribution in [0.5, 0.6) is 0 Å². The molecule has 3 heterocycles. The number of nitrogens with zero attached hydrogens (tertiary/aromatic N) is 3. The topological polar surface area (TPSA) is 51.5 Å². The molecule has 1 aliphatic rings. The number of nitrogens with one attached hydrogen (secondary N) is 1. The zero-order chi connectivity index (χ0) is 23.2. The minimum Gasteiger partial charge on any atom is -0.377 e. The van der Waals surface area contributed by atoms with Crippen LogP contribution in [0.4, 0.5) is 19.0 Å². The van der Waals surface area contributed by atoms with Crippen LogP contribution in [0.3, 0.4) is 0 Å². The van der Waals surface area contributed by atoms with Crippen molar-refractivity contribution in [3.05, 3.63) is 77.3 Å². The average Bonchev–Trinajstić information content (AvgIpc) is 3.27. The fraction of sp³-hybridized carbons (Fsp3) is 0.280. The Bertz CT molecular complexity index is 1370. The fourth-order valence-corrected chi connectivity index (χ4v) is 4.48. The minimum absolute atomic E-state index is 0.216. The highest BCUT2D eigenvalue weighted by atomic mass is 19.4. The molecule has 0 amide bonds. The molecule has 33 heavy (non-hydrogen) atoms. The maximum atomic E-state index is 13.4. The molecule has 2 aromatic heterocycles. The van der Waals surface area contributed by atoms with Crippen molar-refractivity contribution in [2.24, 2.45) is 0 Å². The molecule has 4 aromatic rings. The van der Waals surface area contributed by atoms with Crippen LogP contribution >= 0.6 is 0 Å². The number of halogens is 3. The Balaban J connectivity index is 1.60. The molecule has 1 unspecified atom stereocenters. The van der Waals surface area contributed by atoms with E-state index in [1.165, 1.54) is 18.6 Å². The summed E-state index contributed by atoms with van der Waals surface area (Å²) in [6.45, 7) is 4.63. The third kappa shape index (κ3) is 3.95. The number of benzene rings is 2. The SMILES string of the molecule is Cc1c(C(C)Nc2nc3cncn3c3ccc(C4=CCOCC4)cc23)cccc1C(F)(F)F. The van der Waals surface area contributed by atoms with Gasteiger partial charge in [0.05, 0.1) is 36.5 Å². The molecular formula is C25H23F3N4O. The van der Waals surface area contributed by atoms with Gasteiger partial charge in [-0.15, -0.1) is 0 Å². The van der Waals surface area contributed by atoms with Crippen LogP contribution in [0, 0.1) is 6.92 Å². The highest BCUT2D eigenvalue weighted by Gasteiger charge is 2.33. The number of fused-ring (bicyclic) bond motifs is 3. The molecular weight excluding hydrogens is 429 g/mol. The third-order valence-electron chi connectivity index (χ3n) is 6.19. The average molecular weight is 452 g/mol. The lowest BCUT2D eigenvalue weighted by atomic mass is 9.97. The minimum atomic E-state index is -4.40. The van der Waals surface area contributed by atoms with E-state index in [1.54, 1.807) is 18.6 Å². The van der Waals surface area contributed by atoms with Crippen LogP contribution in [0.25, 0.3) is 22.1 Å².